The third-order valence-corrected chi connectivity index (χ3v) is 5.64. The number of carbonyl (C=O) groups is 2. The molecule has 3 heterocycles. The highest BCUT2D eigenvalue weighted by Crippen LogP contribution is 2.27. The number of amides is 3. The lowest BCUT2D eigenvalue weighted by Crippen LogP contribution is -2.53. The fraction of sp³-hybridized carbons (Fsp3) is 0.556. The molecule has 25 heavy (non-hydrogen) atoms. The molecule has 1 atom stereocenters. The molecule has 3 aliphatic rings. The zero-order chi connectivity index (χ0) is 17.4. The summed E-state index contributed by atoms with van der Waals surface area (Å²) in [4.78, 5) is 31.2. The summed E-state index contributed by atoms with van der Waals surface area (Å²) in [6.07, 6.45) is 1.80. The van der Waals surface area contributed by atoms with Crippen molar-refractivity contribution >= 4 is 23.5 Å². The standard InChI is InChI=1S/C18H22ClN3O3/c19-14-3-1-13(2-4-14)17(23)20-7-8-21-16(11-20)12-22(18(21)24)15-5-9-25-10-6-15/h1-4,15-16H,5-12H2/t16-/m1/s1. The van der Waals surface area contributed by atoms with Crippen molar-refractivity contribution in [3.63, 3.8) is 0 Å². The predicted octanol–water partition coefficient (Wildman–Crippen LogP) is 2.08. The molecule has 3 fully saturated rings. The predicted molar refractivity (Wildman–Crippen MR) is 93.8 cm³/mol. The van der Waals surface area contributed by atoms with Gasteiger partial charge in [-0.25, -0.2) is 4.79 Å². The fourth-order valence-corrected chi connectivity index (χ4v) is 4.12. The van der Waals surface area contributed by atoms with Crippen molar-refractivity contribution in [3.8, 4) is 0 Å². The second-order valence-electron chi connectivity index (χ2n) is 6.88. The highest BCUT2D eigenvalue weighted by molar-refractivity contribution is 6.30. The van der Waals surface area contributed by atoms with Crippen molar-refractivity contribution in [2.24, 2.45) is 0 Å². The first-order valence-electron chi connectivity index (χ1n) is 8.83. The minimum absolute atomic E-state index is 0.00767. The zero-order valence-electron chi connectivity index (χ0n) is 14.1. The van der Waals surface area contributed by atoms with Crippen molar-refractivity contribution < 1.29 is 14.3 Å². The van der Waals surface area contributed by atoms with Crippen molar-refractivity contribution in [2.45, 2.75) is 24.9 Å². The first-order valence-corrected chi connectivity index (χ1v) is 9.21. The van der Waals surface area contributed by atoms with E-state index >= 15 is 0 Å². The van der Waals surface area contributed by atoms with Crippen molar-refractivity contribution in [1.82, 2.24) is 14.7 Å². The van der Waals surface area contributed by atoms with Gasteiger partial charge in [-0.15, -0.1) is 0 Å². The van der Waals surface area contributed by atoms with Crippen molar-refractivity contribution in [1.29, 1.82) is 0 Å². The van der Waals surface area contributed by atoms with E-state index in [4.69, 9.17) is 16.3 Å². The number of hydrogen-bond acceptors (Lipinski definition) is 3. The van der Waals surface area contributed by atoms with E-state index in [-0.39, 0.29) is 24.0 Å². The zero-order valence-corrected chi connectivity index (χ0v) is 14.8. The van der Waals surface area contributed by atoms with E-state index in [2.05, 4.69) is 0 Å². The highest BCUT2D eigenvalue weighted by Gasteiger charge is 2.44. The maximum atomic E-state index is 12.7. The molecule has 0 N–H and O–H groups in total. The monoisotopic (exact) mass is 363 g/mol. The molecular weight excluding hydrogens is 342 g/mol. The van der Waals surface area contributed by atoms with Crippen molar-refractivity contribution in [2.75, 3.05) is 39.4 Å². The molecule has 3 saturated heterocycles. The average molecular weight is 364 g/mol. The molecule has 4 rings (SSSR count). The van der Waals surface area contributed by atoms with Gasteiger partial charge in [0.1, 0.15) is 0 Å². The smallest absolute Gasteiger partial charge is 0.320 e. The van der Waals surface area contributed by atoms with E-state index in [1.165, 1.54) is 0 Å². The van der Waals surface area contributed by atoms with Crippen LogP contribution in [-0.2, 0) is 4.74 Å². The number of benzene rings is 1. The number of halogens is 1. The Morgan fingerprint density at radius 2 is 1.72 bits per heavy atom. The second kappa shape index (κ2) is 6.84. The van der Waals surface area contributed by atoms with Gasteiger partial charge in [0.2, 0.25) is 0 Å². The SMILES string of the molecule is O=C(c1ccc(Cl)cc1)N1CCN2C(=O)N(C3CCOCC3)C[C@H]2C1. The first kappa shape index (κ1) is 16.7. The molecule has 3 amide bonds. The van der Waals surface area contributed by atoms with Crippen LogP contribution in [0.1, 0.15) is 23.2 Å². The second-order valence-corrected chi connectivity index (χ2v) is 7.32. The minimum atomic E-state index is 0.00767. The van der Waals surface area contributed by atoms with Crippen LogP contribution in [0.4, 0.5) is 4.79 Å². The number of fused-ring (bicyclic) bond motifs is 1. The van der Waals surface area contributed by atoms with Crippen LogP contribution in [0.15, 0.2) is 24.3 Å². The number of rotatable bonds is 2. The van der Waals surface area contributed by atoms with Crippen LogP contribution in [0.2, 0.25) is 5.02 Å². The lowest BCUT2D eigenvalue weighted by atomic mass is 10.1. The molecule has 1 aromatic rings. The Morgan fingerprint density at radius 3 is 2.44 bits per heavy atom. The maximum Gasteiger partial charge on any atom is 0.320 e. The highest BCUT2D eigenvalue weighted by atomic mass is 35.5. The molecule has 0 aromatic heterocycles. The number of piperazine rings is 1. The number of nitrogens with zero attached hydrogens (tertiary/aromatic N) is 3. The molecule has 0 spiro atoms. The van der Waals surface area contributed by atoms with Crippen molar-refractivity contribution in [3.05, 3.63) is 34.9 Å². The molecule has 0 radical (unpaired) electrons. The van der Waals surface area contributed by atoms with Gasteiger partial charge >= 0.3 is 6.03 Å². The van der Waals surface area contributed by atoms with E-state index in [1.807, 2.05) is 14.7 Å². The summed E-state index contributed by atoms with van der Waals surface area (Å²) in [5.74, 6) is 0.00767. The van der Waals surface area contributed by atoms with Crippen LogP contribution in [0.3, 0.4) is 0 Å². The summed E-state index contributed by atoms with van der Waals surface area (Å²) in [5.41, 5.74) is 0.642. The Bertz CT molecular complexity index is 660. The lowest BCUT2D eigenvalue weighted by molar-refractivity contribution is 0.0504. The molecule has 0 unspecified atom stereocenters. The number of urea groups is 1. The van der Waals surface area contributed by atoms with Gasteiger partial charge in [0, 0.05) is 56.0 Å². The largest absolute Gasteiger partial charge is 0.381 e. The molecule has 0 bridgehead atoms. The quantitative estimate of drug-likeness (QED) is 0.808. The van der Waals surface area contributed by atoms with Crippen LogP contribution in [0.25, 0.3) is 0 Å². The number of carbonyl (C=O) groups excluding carboxylic acids is 2. The topological polar surface area (TPSA) is 53.1 Å². The van der Waals surface area contributed by atoms with Gasteiger partial charge in [0.25, 0.3) is 5.91 Å². The van der Waals surface area contributed by atoms with Crippen LogP contribution in [0, 0.1) is 0 Å². The molecule has 1 aromatic carbocycles. The summed E-state index contributed by atoms with van der Waals surface area (Å²) >= 11 is 5.90. The van der Waals surface area contributed by atoms with Gasteiger partial charge in [-0.05, 0) is 37.1 Å². The first-order chi connectivity index (χ1) is 12.1. The molecule has 134 valence electrons. The molecule has 7 heteroatoms. The number of hydrogen-bond donors (Lipinski definition) is 0. The van der Waals surface area contributed by atoms with Gasteiger partial charge in [0.15, 0.2) is 0 Å². The Balaban J connectivity index is 1.43. The fourth-order valence-electron chi connectivity index (χ4n) is 4.00. The van der Waals surface area contributed by atoms with E-state index in [0.717, 1.165) is 26.1 Å². The molecular formula is C18H22ClN3O3. The summed E-state index contributed by atoms with van der Waals surface area (Å²) < 4.78 is 5.41. The Morgan fingerprint density at radius 1 is 1.00 bits per heavy atom. The Hall–Kier alpha value is -1.79. The minimum Gasteiger partial charge on any atom is -0.381 e. The average Bonchev–Trinajstić information content (AvgIpc) is 2.99. The molecule has 0 saturated carbocycles. The summed E-state index contributed by atoms with van der Waals surface area (Å²) in [6.45, 7) is 3.91. The van der Waals surface area contributed by atoms with Crippen LogP contribution in [0.5, 0.6) is 0 Å². The molecule has 6 nitrogen and oxygen atoms in total. The molecule has 3 aliphatic heterocycles. The van der Waals surface area contributed by atoms with E-state index in [0.29, 0.717) is 36.8 Å². The Labute approximate surface area is 152 Å². The van der Waals surface area contributed by atoms with Crippen LogP contribution < -0.4 is 0 Å². The lowest BCUT2D eigenvalue weighted by Gasteiger charge is -2.36. The Kier molecular flexibility index (Phi) is 4.56. The summed E-state index contributed by atoms with van der Waals surface area (Å²) in [6, 6.07) is 7.45. The van der Waals surface area contributed by atoms with Gasteiger partial charge in [0.05, 0.1) is 6.04 Å². The van der Waals surface area contributed by atoms with E-state index < -0.39 is 0 Å². The maximum absolute atomic E-state index is 12.7. The van der Waals surface area contributed by atoms with Crippen LogP contribution in [-0.4, -0.2) is 78.1 Å². The number of ether oxygens (including phenoxy) is 1. The van der Waals surface area contributed by atoms with Crippen LogP contribution >= 0.6 is 11.6 Å². The summed E-state index contributed by atoms with van der Waals surface area (Å²) in [5, 5.41) is 0.620. The molecule has 0 aliphatic carbocycles. The normalized spacial score (nSPS) is 24.6. The van der Waals surface area contributed by atoms with Gasteiger partial charge in [-0.2, -0.15) is 0 Å². The third kappa shape index (κ3) is 3.20. The summed E-state index contributed by atoms with van der Waals surface area (Å²) in [7, 11) is 0. The van der Waals surface area contributed by atoms with E-state index in [9.17, 15) is 9.59 Å². The van der Waals surface area contributed by atoms with E-state index in [1.54, 1.807) is 24.3 Å². The van der Waals surface area contributed by atoms with Gasteiger partial charge in [-0.3, -0.25) is 4.79 Å². The van der Waals surface area contributed by atoms with Gasteiger partial charge < -0.3 is 19.4 Å². The van der Waals surface area contributed by atoms with Gasteiger partial charge in [-0.1, -0.05) is 11.6 Å². The third-order valence-electron chi connectivity index (χ3n) is 5.39.